The first-order valence-electron chi connectivity index (χ1n) is 5.42. The number of nitrogen functional groups attached to an aromatic ring is 1. The summed E-state index contributed by atoms with van der Waals surface area (Å²) in [5.74, 6) is 0. The Morgan fingerprint density at radius 2 is 2.19 bits per heavy atom. The number of rotatable bonds is 0. The first-order chi connectivity index (χ1) is 7.59. The van der Waals surface area contributed by atoms with Crippen LogP contribution in [-0.4, -0.2) is 36.5 Å². The molecular formula is C12H17N3O. The number of hydrogen-bond donors (Lipinski definition) is 1. The van der Waals surface area contributed by atoms with E-state index >= 15 is 0 Å². The van der Waals surface area contributed by atoms with Gasteiger partial charge >= 0.3 is 6.03 Å². The average molecular weight is 219 g/mol. The highest BCUT2D eigenvalue weighted by molar-refractivity contribution is 5.74. The molecule has 0 saturated carbocycles. The van der Waals surface area contributed by atoms with Crippen molar-refractivity contribution >= 4 is 11.7 Å². The quantitative estimate of drug-likeness (QED) is 0.669. The van der Waals surface area contributed by atoms with Crippen molar-refractivity contribution in [3.05, 3.63) is 29.3 Å². The number of carbonyl (C=O) groups is 1. The van der Waals surface area contributed by atoms with E-state index in [1.54, 1.807) is 19.0 Å². The summed E-state index contributed by atoms with van der Waals surface area (Å²) in [6, 6.07) is 6.00. The molecule has 0 radical (unpaired) electrons. The molecule has 0 spiro atoms. The van der Waals surface area contributed by atoms with E-state index in [-0.39, 0.29) is 6.03 Å². The van der Waals surface area contributed by atoms with Crippen molar-refractivity contribution in [2.45, 2.75) is 13.0 Å². The largest absolute Gasteiger partial charge is 0.398 e. The molecule has 0 unspecified atom stereocenters. The second-order valence-corrected chi connectivity index (χ2v) is 4.33. The molecule has 0 fully saturated rings. The number of hydrogen-bond acceptors (Lipinski definition) is 2. The Kier molecular flexibility index (Phi) is 2.73. The molecule has 1 aliphatic heterocycles. The predicted molar refractivity (Wildman–Crippen MR) is 64.1 cm³/mol. The van der Waals surface area contributed by atoms with Crippen LogP contribution in [0.4, 0.5) is 10.5 Å². The van der Waals surface area contributed by atoms with Crippen LogP contribution in [0.1, 0.15) is 11.1 Å². The van der Waals surface area contributed by atoms with E-state index in [1.165, 1.54) is 5.56 Å². The van der Waals surface area contributed by atoms with Gasteiger partial charge < -0.3 is 15.5 Å². The minimum atomic E-state index is 0.0499. The van der Waals surface area contributed by atoms with Gasteiger partial charge in [-0.25, -0.2) is 4.79 Å². The zero-order valence-corrected chi connectivity index (χ0v) is 9.73. The lowest BCUT2D eigenvalue weighted by atomic mass is 9.98. The zero-order chi connectivity index (χ0) is 11.7. The van der Waals surface area contributed by atoms with Gasteiger partial charge in [-0.05, 0) is 23.6 Å². The fourth-order valence-electron chi connectivity index (χ4n) is 2.05. The molecule has 0 aliphatic carbocycles. The minimum Gasteiger partial charge on any atom is -0.398 e. The topological polar surface area (TPSA) is 49.6 Å². The van der Waals surface area contributed by atoms with E-state index in [2.05, 4.69) is 6.07 Å². The van der Waals surface area contributed by atoms with Gasteiger partial charge in [0.2, 0.25) is 0 Å². The highest BCUT2D eigenvalue weighted by Crippen LogP contribution is 2.24. The Bertz CT molecular complexity index is 415. The summed E-state index contributed by atoms with van der Waals surface area (Å²) >= 11 is 0. The summed E-state index contributed by atoms with van der Waals surface area (Å²) in [7, 11) is 3.54. The molecule has 1 aromatic rings. The molecule has 2 N–H and O–H groups in total. The number of nitrogens with two attached hydrogens (primary N) is 1. The van der Waals surface area contributed by atoms with Crippen LogP contribution in [0, 0.1) is 0 Å². The molecule has 86 valence electrons. The van der Waals surface area contributed by atoms with E-state index in [9.17, 15) is 4.79 Å². The lowest BCUT2D eigenvalue weighted by Gasteiger charge is -2.31. The van der Waals surface area contributed by atoms with Crippen molar-refractivity contribution < 1.29 is 4.79 Å². The second-order valence-electron chi connectivity index (χ2n) is 4.33. The van der Waals surface area contributed by atoms with Crippen molar-refractivity contribution in [2.75, 3.05) is 26.4 Å². The predicted octanol–water partition coefficient (Wildman–Crippen LogP) is 1.31. The fourth-order valence-corrected chi connectivity index (χ4v) is 2.05. The summed E-state index contributed by atoms with van der Waals surface area (Å²) in [6.07, 6.45) is 0.889. The normalized spacial score (nSPS) is 14.5. The number of carbonyl (C=O) groups excluding carboxylic acids is 1. The molecule has 4 heteroatoms. The molecule has 0 saturated heterocycles. The Balaban J connectivity index is 2.23. The molecule has 0 aromatic heterocycles. The van der Waals surface area contributed by atoms with E-state index in [0.29, 0.717) is 6.54 Å². The van der Waals surface area contributed by atoms with E-state index in [1.807, 2.05) is 17.0 Å². The Morgan fingerprint density at radius 1 is 1.44 bits per heavy atom. The lowest BCUT2D eigenvalue weighted by molar-refractivity contribution is 0.166. The molecule has 4 nitrogen and oxygen atoms in total. The summed E-state index contributed by atoms with van der Waals surface area (Å²) in [5.41, 5.74) is 9.08. The molecule has 1 aliphatic rings. The Hall–Kier alpha value is -1.71. The standard InChI is InChI=1S/C12H17N3O/c1-14(2)12(16)15-7-6-9-4-3-5-11(13)10(9)8-15/h3-5H,6-8,13H2,1-2H3. The van der Waals surface area contributed by atoms with Gasteiger partial charge in [-0.2, -0.15) is 0 Å². The van der Waals surface area contributed by atoms with Crippen molar-refractivity contribution in [3.8, 4) is 0 Å². The van der Waals surface area contributed by atoms with Crippen LogP contribution in [-0.2, 0) is 13.0 Å². The lowest BCUT2D eigenvalue weighted by Crippen LogP contribution is -2.42. The van der Waals surface area contributed by atoms with E-state index < -0.39 is 0 Å². The number of amides is 2. The summed E-state index contributed by atoms with van der Waals surface area (Å²) in [6.45, 7) is 1.40. The number of nitrogens with zero attached hydrogens (tertiary/aromatic N) is 2. The van der Waals surface area contributed by atoms with Crippen LogP contribution < -0.4 is 5.73 Å². The van der Waals surface area contributed by atoms with Gasteiger partial charge in [-0.3, -0.25) is 0 Å². The average Bonchev–Trinajstić information content (AvgIpc) is 2.28. The minimum absolute atomic E-state index is 0.0499. The molecule has 1 aromatic carbocycles. The van der Waals surface area contributed by atoms with Gasteiger partial charge in [0, 0.05) is 32.9 Å². The highest BCUT2D eigenvalue weighted by atomic mass is 16.2. The number of anilines is 1. The number of fused-ring (bicyclic) bond motifs is 1. The van der Waals surface area contributed by atoms with Crippen LogP contribution >= 0.6 is 0 Å². The highest BCUT2D eigenvalue weighted by Gasteiger charge is 2.22. The number of benzene rings is 1. The third-order valence-electron chi connectivity index (χ3n) is 2.96. The van der Waals surface area contributed by atoms with Gasteiger partial charge in [0.25, 0.3) is 0 Å². The van der Waals surface area contributed by atoms with Gasteiger partial charge in [-0.15, -0.1) is 0 Å². The first kappa shape index (κ1) is 10.8. The fraction of sp³-hybridized carbons (Fsp3) is 0.417. The molecule has 1 heterocycles. The van der Waals surface area contributed by atoms with Crippen molar-refractivity contribution in [1.82, 2.24) is 9.80 Å². The molecule has 0 atom stereocenters. The molecule has 2 amide bonds. The zero-order valence-electron chi connectivity index (χ0n) is 9.73. The maximum absolute atomic E-state index is 11.8. The SMILES string of the molecule is CN(C)C(=O)N1CCc2cccc(N)c2C1. The smallest absolute Gasteiger partial charge is 0.319 e. The van der Waals surface area contributed by atoms with Gasteiger partial charge in [-0.1, -0.05) is 12.1 Å². The molecule has 2 rings (SSSR count). The Morgan fingerprint density at radius 3 is 2.88 bits per heavy atom. The van der Waals surface area contributed by atoms with Gasteiger partial charge in [0.05, 0.1) is 0 Å². The van der Waals surface area contributed by atoms with E-state index in [4.69, 9.17) is 5.73 Å². The summed E-state index contributed by atoms with van der Waals surface area (Å²) < 4.78 is 0. The summed E-state index contributed by atoms with van der Waals surface area (Å²) in [4.78, 5) is 15.3. The van der Waals surface area contributed by atoms with Gasteiger partial charge in [0.15, 0.2) is 0 Å². The maximum atomic E-state index is 11.8. The van der Waals surface area contributed by atoms with Crippen LogP contribution in [0.15, 0.2) is 18.2 Å². The third kappa shape index (κ3) is 1.83. The monoisotopic (exact) mass is 219 g/mol. The van der Waals surface area contributed by atoms with Crippen LogP contribution in [0.2, 0.25) is 0 Å². The van der Waals surface area contributed by atoms with Crippen molar-refractivity contribution in [3.63, 3.8) is 0 Å². The molecular weight excluding hydrogens is 202 g/mol. The van der Waals surface area contributed by atoms with Crippen LogP contribution in [0.25, 0.3) is 0 Å². The summed E-state index contributed by atoms with van der Waals surface area (Å²) in [5, 5.41) is 0. The van der Waals surface area contributed by atoms with Crippen LogP contribution in [0.3, 0.4) is 0 Å². The third-order valence-corrected chi connectivity index (χ3v) is 2.96. The van der Waals surface area contributed by atoms with Crippen molar-refractivity contribution in [1.29, 1.82) is 0 Å². The van der Waals surface area contributed by atoms with Gasteiger partial charge in [0.1, 0.15) is 0 Å². The maximum Gasteiger partial charge on any atom is 0.319 e. The van der Waals surface area contributed by atoms with Crippen LogP contribution in [0.5, 0.6) is 0 Å². The molecule has 0 bridgehead atoms. The van der Waals surface area contributed by atoms with E-state index in [0.717, 1.165) is 24.2 Å². The second kappa shape index (κ2) is 4.04. The molecule has 16 heavy (non-hydrogen) atoms. The number of urea groups is 1. The Labute approximate surface area is 95.6 Å². The first-order valence-corrected chi connectivity index (χ1v) is 5.42. The van der Waals surface area contributed by atoms with Crippen molar-refractivity contribution in [2.24, 2.45) is 0 Å².